The van der Waals surface area contributed by atoms with Gasteiger partial charge in [-0.25, -0.2) is 13.4 Å². The van der Waals surface area contributed by atoms with Gasteiger partial charge in [0, 0.05) is 19.6 Å². The molecule has 0 saturated carbocycles. The van der Waals surface area contributed by atoms with Gasteiger partial charge in [-0.1, -0.05) is 0 Å². The van der Waals surface area contributed by atoms with Crippen LogP contribution in [0.4, 0.5) is 0 Å². The first-order chi connectivity index (χ1) is 6.95. The van der Waals surface area contributed by atoms with Crippen molar-refractivity contribution in [2.75, 3.05) is 20.0 Å². The van der Waals surface area contributed by atoms with Crippen LogP contribution in [0.1, 0.15) is 11.6 Å². The quantitative estimate of drug-likeness (QED) is 0.795. The molecule has 5 nitrogen and oxygen atoms in total. The standard InChI is InChI=1S/C9H14N2O3S/c1-14-6-8(10)7-3-4-11-9(5-7)15(2,12)13/h3-5,8H,6,10H2,1-2H3/t8-/m0/s1. The lowest BCUT2D eigenvalue weighted by Gasteiger charge is -2.10. The molecule has 0 bridgehead atoms. The summed E-state index contributed by atoms with van der Waals surface area (Å²) in [6.45, 7) is 0.340. The molecule has 15 heavy (non-hydrogen) atoms. The molecule has 0 spiro atoms. The van der Waals surface area contributed by atoms with Crippen LogP contribution in [0.2, 0.25) is 0 Å². The molecule has 1 rings (SSSR count). The van der Waals surface area contributed by atoms with Crippen molar-refractivity contribution in [3.8, 4) is 0 Å². The van der Waals surface area contributed by atoms with E-state index >= 15 is 0 Å². The fourth-order valence-corrected chi connectivity index (χ4v) is 1.74. The Balaban J connectivity index is 3.03. The summed E-state index contributed by atoms with van der Waals surface area (Å²) < 4.78 is 27.4. The van der Waals surface area contributed by atoms with Gasteiger partial charge in [0.05, 0.1) is 12.6 Å². The maximum Gasteiger partial charge on any atom is 0.192 e. The molecule has 0 saturated heterocycles. The second-order valence-electron chi connectivity index (χ2n) is 3.26. The SMILES string of the molecule is COC[C@H](N)c1ccnc(S(C)(=O)=O)c1. The third-order valence-electron chi connectivity index (χ3n) is 1.91. The van der Waals surface area contributed by atoms with Gasteiger partial charge < -0.3 is 10.5 Å². The number of methoxy groups -OCH3 is 1. The zero-order chi connectivity index (χ0) is 11.5. The fraction of sp³-hybridized carbons (Fsp3) is 0.444. The van der Waals surface area contributed by atoms with Crippen LogP contribution in [-0.4, -0.2) is 33.4 Å². The van der Waals surface area contributed by atoms with Crippen molar-refractivity contribution in [2.45, 2.75) is 11.1 Å². The van der Waals surface area contributed by atoms with Gasteiger partial charge in [0.2, 0.25) is 0 Å². The minimum Gasteiger partial charge on any atom is -0.383 e. The van der Waals surface area contributed by atoms with Crippen molar-refractivity contribution in [2.24, 2.45) is 5.73 Å². The van der Waals surface area contributed by atoms with Gasteiger partial charge in [-0.2, -0.15) is 0 Å². The Kier molecular flexibility index (Phi) is 3.78. The molecule has 0 unspecified atom stereocenters. The molecule has 1 aromatic rings. The van der Waals surface area contributed by atoms with Gasteiger partial charge in [-0.15, -0.1) is 0 Å². The average molecular weight is 230 g/mol. The van der Waals surface area contributed by atoms with E-state index in [-0.39, 0.29) is 11.1 Å². The number of aromatic nitrogens is 1. The number of hydrogen-bond donors (Lipinski definition) is 1. The third-order valence-corrected chi connectivity index (χ3v) is 2.90. The highest BCUT2D eigenvalue weighted by molar-refractivity contribution is 7.90. The molecule has 84 valence electrons. The van der Waals surface area contributed by atoms with Crippen LogP contribution >= 0.6 is 0 Å². The number of ether oxygens (including phenoxy) is 1. The molecule has 0 aliphatic heterocycles. The summed E-state index contributed by atoms with van der Waals surface area (Å²) in [5, 5.41) is 0.0338. The summed E-state index contributed by atoms with van der Waals surface area (Å²) in [7, 11) is -1.74. The van der Waals surface area contributed by atoms with Crippen LogP contribution in [0.5, 0.6) is 0 Å². The first-order valence-electron chi connectivity index (χ1n) is 4.35. The van der Waals surface area contributed by atoms with Gasteiger partial charge in [0.25, 0.3) is 0 Å². The molecule has 0 aliphatic carbocycles. The first kappa shape index (κ1) is 12.1. The number of nitrogens with zero attached hydrogens (tertiary/aromatic N) is 1. The predicted octanol–water partition coefficient (Wildman–Crippen LogP) is 0.131. The lowest BCUT2D eigenvalue weighted by Crippen LogP contribution is -2.16. The van der Waals surface area contributed by atoms with E-state index < -0.39 is 9.84 Å². The van der Waals surface area contributed by atoms with Crippen LogP contribution < -0.4 is 5.73 Å². The highest BCUT2D eigenvalue weighted by atomic mass is 32.2. The van der Waals surface area contributed by atoms with E-state index in [1.807, 2.05) is 0 Å². The van der Waals surface area contributed by atoms with E-state index in [4.69, 9.17) is 10.5 Å². The number of hydrogen-bond acceptors (Lipinski definition) is 5. The molecule has 6 heteroatoms. The van der Waals surface area contributed by atoms with Crippen molar-refractivity contribution in [1.82, 2.24) is 4.98 Å². The molecule has 1 atom stereocenters. The van der Waals surface area contributed by atoms with Gasteiger partial charge in [0.15, 0.2) is 14.9 Å². The molecule has 0 amide bonds. The smallest absolute Gasteiger partial charge is 0.192 e. The van der Waals surface area contributed by atoms with Gasteiger partial charge in [-0.05, 0) is 17.7 Å². The molecule has 2 N–H and O–H groups in total. The highest BCUT2D eigenvalue weighted by Gasteiger charge is 2.12. The molecule has 1 heterocycles. The monoisotopic (exact) mass is 230 g/mol. The summed E-state index contributed by atoms with van der Waals surface area (Å²) in [5.74, 6) is 0. The van der Waals surface area contributed by atoms with Gasteiger partial charge in [-0.3, -0.25) is 0 Å². The Morgan fingerprint density at radius 1 is 1.60 bits per heavy atom. The van der Waals surface area contributed by atoms with Crippen LogP contribution in [0.3, 0.4) is 0 Å². The molecule has 1 aromatic heterocycles. The molecule has 0 aliphatic rings. The van der Waals surface area contributed by atoms with E-state index in [2.05, 4.69) is 4.98 Å². The maximum atomic E-state index is 11.2. The minimum absolute atomic E-state index is 0.0338. The summed E-state index contributed by atoms with van der Waals surface area (Å²) in [4.78, 5) is 3.77. The second-order valence-corrected chi connectivity index (χ2v) is 5.22. The zero-order valence-corrected chi connectivity index (χ0v) is 9.49. The van der Waals surface area contributed by atoms with Gasteiger partial charge >= 0.3 is 0 Å². The van der Waals surface area contributed by atoms with Crippen LogP contribution in [0.25, 0.3) is 0 Å². The van der Waals surface area contributed by atoms with Crippen molar-refractivity contribution < 1.29 is 13.2 Å². The van der Waals surface area contributed by atoms with Crippen LogP contribution in [0, 0.1) is 0 Å². The summed E-state index contributed by atoms with van der Waals surface area (Å²) in [5.41, 5.74) is 6.47. The highest BCUT2D eigenvalue weighted by Crippen LogP contribution is 2.13. The summed E-state index contributed by atoms with van der Waals surface area (Å²) in [6, 6.07) is 2.82. The Morgan fingerprint density at radius 3 is 2.80 bits per heavy atom. The number of nitrogens with two attached hydrogens (primary N) is 1. The van der Waals surface area contributed by atoms with E-state index in [0.29, 0.717) is 12.2 Å². The van der Waals surface area contributed by atoms with E-state index in [1.54, 1.807) is 13.2 Å². The Morgan fingerprint density at radius 2 is 2.27 bits per heavy atom. The lowest BCUT2D eigenvalue weighted by atomic mass is 10.1. The number of rotatable bonds is 4. The number of sulfone groups is 1. The summed E-state index contributed by atoms with van der Waals surface area (Å²) in [6.07, 6.45) is 2.54. The third kappa shape index (κ3) is 3.26. The molecule has 0 fully saturated rings. The maximum absolute atomic E-state index is 11.2. The van der Waals surface area contributed by atoms with E-state index in [9.17, 15) is 8.42 Å². The zero-order valence-electron chi connectivity index (χ0n) is 8.67. The Hall–Kier alpha value is -0.980. The normalized spacial score (nSPS) is 13.8. The van der Waals surface area contributed by atoms with Crippen molar-refractivity contribution in [3.05, 3.63) is 23.9 Å². The molecular weight excluding hydrogens is 216 g/mol. The first-order valence-corrected chi connectivity index (χ1v) is 6.25. The van der Waals surface area contributed by atoms with Gasteiger partial charge in [0.1, 0.15) is 0 Å². The Bertz CT molecular complexity index is 431. The Labute approximate surface area is 89.2 Å². The van der Waals surface area contributed by atoms with E-state index in [1.165, 1.54) is 12.3 Å². The van der Waals surface area contributed by atoms with Crippen molar-refractivity contribution in [3.63, 3.8) is 0 Å². The largest absolute Gasteiger partial charge is 0.383 e. The minimum atomic E-state index is -3.28. The fourth-order valence-electron chi connectivity index (χ4n) is 1.13. The van der Waals surface area contributed by atoms with Crippen LogP contribution in [0.15, 0.2) is 23.4 Å². The van der Waals surface area contributed by atoms with Crippen molar-refractivity contribution in [1.29, 1.82) is 0 Å². The molecule has 0 radical (unpaired) electrons. The number of pyridine rings is 1. The summed E-state index contributed by atoms with van der Waals surface area (Å²) >= 11 is 0. The molecule has 0 aromatic carbocycles. The second kappa shape index (κ2) is 4.69. The topological polar surface area (TPSA) is 82.3 Å². The lowest BCUT2D eigenvalue weighted by molar-refractivity contribution is 0.181. The van der Waals surface area contributed by atoms with Crippen LogP contribution in [-0.2, 0) is 14.6 Å². The van der Waals surface area contributed by atoms with Crippen molar-refractivity contribution >= 4 is 9.84 Å². The average Bonchev–Trinajstić information content (AvgIpc) is 2.17. The van der Waals surface area contributed by atoms with E-state index in [0.717, 1.165) is 6.26 Å². The molecular formula is C9H14N2O3S. The predicted molar refractivity (Wildman–Crippen MR) is 56.2 cm³/mol.